The first-order valence-corrected chi connectivity index (χ1v) is 7.25. The lowest BCUT2D eigenvalue weighted by atomic mass is 9.95. The molecule has 20 heavy (non-hydrogen) atoms. The number of hydrogen-bond acceptors (Lipinski definition) is 2. The summed E-state index contributed by atoms with van der Waals surface area (Å²) in [6.45, 7) is 5.18. The molecule has 1 aliphatic heterocycles. The van der Waals surface area contributed by atoms with Gasteiger partial charge in [-0.05, 0) is 37.0 Å². The fourth-order valence-corrected chi connectivity index (χ4v) is 2.98. The number of anilines is 1. The normalized spacial score (nSPS) is 14.8. The van der Waals surface area contributed by atoms with Gasteiger partial charge in [-0.15, -0.1) is 0 Å². The molecule has 0 bridgehead atoms. The summed E-state index contributed by atoms with van der Waals surface area (Å²) in [5.74, 6) is 0. The Balaban J connectivity index is 1.88. The summed E-state index contributed by atoms with van der Waals surface area (Å²) in [6.07, 6.45) is 1.28. The van der Waals surface area contributed by atoms with Crippen molar-refractivity contribution in [2.45, 2.75) is 32.8 Å². The molecule has 0 aliphatic carbocycles. The Hall–Kier alpha value is -1.80. The molecule has 0 amide bonds. The lowest BCUT2D eigenvalue weighted by molar-refractivity contribution is 0.179. The van der Waals surface area contributed by atoms with E-state index in [9.17, 15) is 5.11 Å². The van der Waals surface area contributed by atoms with Crippen molar-refractivity contribution in [3.8, 4) is 0 Å². The fourth-order valence-electron chi connectivity index (χ4n) is 2.98. The second kappa shape index (κ2) is 5.29. The largest absolute Gasteiger partial charge is 0.388 e. The Kier molecular flexibility index (Phi) is 3.49. The maximum absolute atomic E-state index is 10.6. The van der Waals surface area contributed by atoms with Crippen molar-refractivity contribution in [1.82, 2.24) is 0 Å². The van der Waals surface area contributed by atoms with E-state index in [1.807, 2.05) is 12.1 Å². The van der Waals surface area contributed by atoms with E-state index in [-0.39, 0.29) is 0 Å². The Morgan fingerprint density at radius 2 is 2.05 bits per heavy atom. The number of para-hydroxylation sites is 1. The van der Waals surface area contributed by atoms with Gasteiger partial charge in [-0.25, -0.2) is 0 Å². The first-order chi connectivity index (χ1) is 9.65. The minimum Gasteiger partial charge on any atom is -0.388 e. The standard InChI is InChI=1S/C18H21NO/c1-12-6-7-13(2)15(10-12)11-17(20)16-5-3-4-14-8-9-19-18(14)16/h3-7,10,17,19-20H,8-9,11H2,1-2H3. The second-order valence-electron chi connectivity index (χ2n) is 5.71. The first-order valence-electron chi connectivity index (χ1n) is 7.25. The van der Waals surface area contributed by atoms with Gasteiger partial charge in [0.25, 0.3) is 0 Å². The monoisotopic (exact) mass is 267 g/mol. The molecule has 0 spiro atoms. The molecule has 0 radical (unpaired) electrons. The van der Waals surface area contributed by atoms with Gasteiger partial charge in [0.2, 0.25) is 0 Å². The highest BCUT2D eigenvalue weighted by molar-refractivity contribution is 5.62. The Labute approximate surface area is 120 Å². The highest BCUT2D eigenvalue weighted by Gasteiger charge is 2.19. The molecule has 2 aromatic rings. The number of aliphatic hydroxyl groups excluding tert-OH is 1. The van der Waals surface area contributed by atoms with Gasteiger partial charge in [0.1, 0.15) is 0 Å². The van der Waals surface area contributed by atoms with E-state index in [1.54, 1.807) is 0 Å². The van der Waals surface area contributed by atoms with Crippen molar-refractivity contribution < 1.29 is 5.11 Å². The van der Waals surface area contributed by atoms with Crippen LogP contribution in [0, 0.1) is 13.8 Å². The van der Waals surface area contributed by atoms with Gasteiger partial charge < -0.3 is 10.4 Å². The second-order valence-corrected chi connectivity index (χ2v) is 5.71. The highest BCUT2D eigenvalue weighted by Crippen LogP contribution is 2.32. The van der Waals surface area contributed by atoms with Crippen molar-refractivity contribution in [3.05, 3.63) is 64.2 Å². The van der Waals surface area contributed by atoms with Gasteiger partial charge in [-0.3, -0.25) is 0 Å². The minimum atomic E-state index is -0.448. The lowest BCUT2D eigenvalue weighted by Gasteiger charge is -2.17. The van der Waals surface area contributed by atoms with Crippen LogP contribution in [0.5, 0.6) is 0 Å². The maximum Gasteiger partial charge on any atom is 0.0850 e. The summed E-state index contributed by atoms with van der Waals surface area (Å²) in [7, 11) is 0. The predicted molar refractivity (Wildman–Crippen MR) is 83.2 cm³/mol. The van der Waals surface area contributed by atoms with E-state index in [1.165, 1.54) is 22.3 Å². The van der Waals surface area contributed by atoms with Crippen LogP contribution in [0.1, 0.15) is 33.9 Å². The van der Waals surface area contributed by atoms with Gasteiger partial charge in [-0.2, -0.15) is 0 Å². The van der Waals surface area contributed by atoms with Crippen molar-refractivity contribution in [2.24, 2.45) is 0 Å². The van der Waals surface area contributed by atoms with Crippen LogP contribution in [-0.2, 0) is 12.8 Å². The summed E-state index contributed by atoms with van der Waals surface area (Å²) >= 11 is 0. The Morgan fingerprint density at radius 3 is 2.90 bits per heavy atom. The van der Waals surface area contributed by atoms with E-state index < -0.39 is 6.10 Å². The molecule has 0 saturated heterocycles. The summed E-state index contributed by atoms with van der Waals surface area (Å²) < 4.78 is 0. The number of aliphatic hydroxyl groups is 1. The maximum atomic E-state index is 10.6. The third-order valence-electron chi connectivity index (χ3n) is 4.16. The quantitative estimate of drug-likeness (QED) is 0.891. The number of nitrogens with one attached hydrogen (secondary N) is 1. The van der Waals surface area contributed by atoms with Gasteiger partial charge >= 0.3 is 0 Å². The highest BCUT2D eigenvalue weighted by atomic mass is 16.3. The number of benzene rings is 2. The van der Waals surface area contributed by atoms with Crippen molar-refractivity contribution in [3.63, 3.8) is 0 Å². The summed E-state index contributed by atoms with van der Waals surface area (Å²) in [5, 5.41) is 14.0. The number of rotatable bonds is 3. The number of aryl methyl sites for hydroxylation is 2. The zero-order chi connectivity index (χ0) is 14.1. The van der Waals surface area contributed by atoms with E-state index in [4.69, 9.17) is 0 Å². The van der Waals surface area contributed by atoms with Crippen LogP contribution in [0.2, 0.25) is 0 Å². The molecule has 1 aliphatic rings. The first kappa shape index (κ1) is 13.2. The van der Waals surface area contributed by atoms with Crippen molar-refractivity contribution in [2.75, 3.05) is 11.9 Å². The molecular formula is C18H21NO. The van der Waals surface area contributed by atoms with Crippen LogP contribution in [0.4, 0.5) is 5.69 Å². The number of fused-ring (bicyclic) bond motifs is 1. The number of hydrogen-bond donors (Lipinski definition) is 2. The average Bonchev–Trinajstić information content (AvgIpc) is 2.91. The van der Waals surface area contributed by atoms with Gasteiger partial charge in [0, 0.05) is 24.2 Å². The molecule has 1 atom stereocenters. The van der Waals surface area contributed by atoms with Crippen LogP contribution in [0.15, 0.2) is 36.4 Å². The van der Waals surface area contributed by atoms with Gasteiger partial charge in [0.05, 0.1) is 6.10 Å². The van der Waals surface area contributed by atoms with E-state index in [0.717, 1.165) is 24.2 Å². The zero-order valence-corrected chi connectivity index (χ0v) is 12.1. The molecule has 1 unspecified atom stereocenters. The molecule has 2 heteroatoms. The Bertz CT molecular complexity index is 633. The molecule has 2 aromatic carbocycles. The van der Waals surface area contributed by atoms with Crippen LogP contribution in [-0.4, -0.2) is 11.7 Å². The fraction of sp³-hybridized carbons (Fsp3) is 0.333. The summed E-state index contributed by atoms with van der Waals surface area (Å²) in [6, 6.07) is 12.6. The topological polar surface area (TPSA) is 32.3 Å². The van der Waals surface area contributed by atoms with Crippen LogP contribution in [0.3, 0.4) is 0 Å². The van der Waals surface area contributed by atoms with Gasteiger partial charge in [-0.1, -0.05) is 42.0 Å². The van der Waals surface area contributed by atoms with Crippen molar-refractivity contribution in [1.29, 1.82) is 0 Å². The molecule has 104 valence electrons. The van der Waals surface area contributed by atoms with E-state index in [0.29, 0.717) is 6.42 Å². The summed E-state index contributed by atoms with van der Waals surface area (Å²) in [4.78, 5) is 0. The van der Waals surface area contributed by atoms with E-state index in [2.05, 4.69) is 43.4 Å². The lowest BCUT2D eigenvalue weighted by Crippen LogP contribution is -2.06. The molecule has 1 heterocycles. The third-order valence-corrected chi connectivity index (χ3v) is 4.16. The Morgan fingerprint density at radius 1 is 1.20 bits per heavy atom. The zero-order valence-electron chi connectivity index (χ0n) is 12.1. The minimum absolute atomic E-state index is 0.448. The SMILES string of the molecule is Cc1ccc(C)c(CC(O)c2cccc3c2NCC3)c1. The van der Waals surface area contributed by atoms with Gasteiger partial charge in [0.15, 0.2) is 0 Å². The smallest absolute Gasteiger partial charge is 0.0850 e. The summed E-state index contributed by atoms with van der Waals surface area (Å²) in [5.41, 5.74) is 7.21. The third kappa shape index (κ3) is 2.44. The molecule has 0 fully saturated rings. The van der Waals surface area contributed by atoms with Crippen LogP contribution >= 0.6 is 0 Å². The molecule has 2 nitrogen and oxygen atoms in total. The predicted octanol–water partition coefficient (Wildman–Crippen LogP) is 3.55. The molecule has 0 saturated carbocycles. The average molecular weight is 267 g/mol. The molecule has 0 aromatic heterocycles. The molecule has 2 N–H and O–H groups in total. The van der Waals surface area contributed by atoms with Crippen molar-refractivity contribution >= 4 is 5.69 Å². The molecular weight excluding hydrogens is 246 g/mol. The van der Waals surface area contributed by atoms with Crippen LogP contribution < -0.4 is 5.32 Å². The van der Waals surface area contributed by atoms with E-state index >= 15 is 0 Å². The molecule has 3 rings (SSSR count). The van der Waals surface area contributed by atoms with Crippen LogP contribution in [0.25, 0.3) is 0 Å².